The number of aromatic nitrogens is 2. The molecule has 0 aliphatic carbocycles. The van der Waals surface area contributed by atoms with Crippen molar-refractivity contribution in [3.63, 3.8) is 0 Å². The first-order valence-corrected chi connectivity index (χ1v) is 8.36. The predicted octanol–water partition coefficient (Wildman–Crippen LogP) is 3.20. The summed E-state index contributed by atoms with van der Waals surface area (Å²) in [5, 5.41) is 0.545. The van der Waals surface area contributed by atoms with Gasteiger partial charge in [-0.25, -0.2) is 0 Å². The Morgan fingerprint density at radius 2 is 2.04 bits per heavy atom. The van der Waals surface area contributed by atoms with Crippen LogP contribution < -0.4 is 5.56 Å². The van der Waals surface area contributed by atoms with Gasteiger partial charge in [0.1, 0.15) is 0 Å². The number of carbonyl (C=O) groups excluding carboxylic acids is 1. The maximum absolute atomic E-state index is 12.7. The van der Waals surface area contributed by atoms with Crippen LogP contribution in [0.2, 0.25) is 0 Å². The number of carbonyl (C=O) groups is 1. The van der Waals surface area contributed by atoms with Gasteiger partial charge < -0.3 is 9.88 Å². The first kappa shape index (κ1) is 17.4. The molecule has 0 saturated heterocycles. The van der Waals surface area contributed by atoms with Gasteiger partial charge in [-0.3, -0.25) is 14.2 Å². The van der Waals surface area contributed by atoms with Crippen LogP contribution in [0.1, 0.15) is 38.1 Å². The molecular weight excluding hydrogens is 310 g/mol. The summed E-state index contributed by atoms with van der Waals surface area (Å²) in [6.07, 6.45) is 0. The monoisotopic (exact) mass is 333 g/mol. The summed E-state index contributed by atoms with van der Waals surface area (Å²) in [5.74, 6) is 0.379. The maximum atomic E-state index is 12.7. The Kier molecular flexibility index (Phi) is 5.36. The van der Waals surface area contributed by atoms with Gasteiger partial charge in [0.05, 0.1) is 10.9 Å². The van der Waals surface area contributed by atoms with Crippen LogP contribution in [-0.4, -0.2) is 33.4 Å². The van der Waals surface area contributed by atoms with Gasteiger partial charge in [0.25, 0.3) is 11.5 Å². The first-order chi connectivity index (χ1) is 10.9. The van der Waals surface area contributed by atoms with Crippen molar-refractivity contribution in [1.29, 1.82) is 0 Å². The molecule has 2 rings (SSSR count). The van der Waals surface area contributed by atoms with Crippen molar-refractivity contribution in [2.45, 2.75) is 34.2 Å². The van der Waals surface area contributed by atoms with Crippen molar-refractivity contribution >= 4 is 29.0 Å². The number of amides is 1. The first-order valence-electron chi connectivity index (χ1n) is 7.95. The van der Waals surface area contributed by atoms with Gasteiger partial charge in [0.2, 0.25) is 0 Å². The summed E-state index contributed by atoms with van der Waals surface area (Å²) >= 11 is 5.22. The second kappa shape index (κ2) is 7.08. The van der Waals surface area contributed by atoms with Gasteiger partial charge in [0.15, 0.2) is 4.77 Å². The van der Waals surface area contributed by atoms with Gasteiger partial charge >= 0.3 is 0 Å². The lowest BCUT2D eigenvalue weighted by molar-refractivity contribution is 0.0746. The molecule has 0 aliphatic heterocycles. The molecule has 0 unspecified atom stereocenters. The zero-order valence-electron chi connectivity index (χ0n) is 14.0. The summed E-state index contributed by atoms with van der Waals surface area (Å²) in [7, 11) is 0. The molecule has 0 atom stereocenters. The van der Waals surface area contributed by atoms with E-state index < -0.39 is 0 Å². The summed E-state index contributed by atoms with van der Waals surface area (Å²) in [6.45, 7) is 9.89. The minimum absolute atomic E-state index is 0.0258. The van der Waals surface area contributed by atoms with E-state index in [-0.39, 0.29) is 11.5 Å². The topological polar surface area (TPSA) is 58.1 Å². The smallest absolute Gasteiger partial charge is 0.262 e. The summed E-state index contributed by atoms with van der Waals surface area (Å²) in [4.78, 5) is 29.9. The molecule has 1 heterocycles. The highest BCUT2D eigenvalue weighted by atomic mass is 32.1. The molecule has 0 radical (unpaired) electrons. The van der Waals surface area contributed by atoms with Crippen molar-refractivity contribution in [2.24, 2.45) is 5.92 Å². The third kappa shape index (κ3) is 3.52. The predicted molar refractivity (Wildman–Crippen MR) is 95.5 cm³/mol. The lowest BCUT2D eigenvalue weighted by atomic mass is 10.1. The fraction of sp³-hybridized carbons (Fsp3) is 0.471. The van der Waals surface area contributed by atoms with Gasteiger partial charge in [0, 0.05) is 25.2 Å². The Bertz CT molecular complexity index is 836. The Morgan fingerprint density at radius 1 is 1.35 bits per heavy atom. The number of nitrogens with zero attached hydrogens (tertiary/aromatic N) is 2. The van der Waals surface area contributed by atoms with E-state index in [2.05, 4.69) is 18.8 Å². The Hall–Kier alpha value is -1.95. The number of aromatic amines is 1. The van der Waals surface area contributed by atoms with Crippen LogP contribution in [0.4, 0.5) is 0 Å². The Labute approximate surface area is 140 Å². The Morgan fingerprint density at radius 3 is 2.61 bits per heavy atom. The molecule has 0 spiro atoms. The van der Waals surface area contributed by atoms with Crippen LogP contribution in [0.15, 0.2) is 23.0 Å². The number of rotatable bonds is 5. The van der Waals surface area contributed by atoms with E-state index in [9.17, 15) is 9.59 Å². The van der Waals surface area contributed by atoms with E-state index >= 15 is 0 Å². The summed E-state index contributed by atoms with van der Waals surface area (Å²) < 4.78 is 1.89. The third-order valence-corrected chi connectivity index (χ3v) is 4.12. The number of nitrogens with one attached hydrogen (secondary N) is 1. The molecule has 0 fully saturated rings. The quantitative estimate of drug-likeness (QED) is 0.855. The van der Waals surface area contributed by atoms with Gasteiger partial charge in [-0.1, -0.05) is 13.8 Å². The van der Waals surface area contributed by atoms with Crippen LogP contribution in [0.5, 0.6) is 0 Å². The number of benzene rings is 1. The highest BCUT2D eigenvalue weighted by Gasteiger charge is 2.16. The minimum Gasteiger partial charge on any atom is -0.339 e. The molecule has 1 aromatic heterocycles. The maximum Gasteiger partial charge on any atom is 0.262 e. The normalized spacial score (nSPS) is 11.2. The number of fused-ring (bicyclic) bond motifs is 1. The molecule has 0 aliphatic rings. The third-order valence-electron chi connectivity index (χ3n) is 3.80. The highest BCUT2D eigenvalue weighted by molar-refractivity contribution is 7.71. The number of hydrogen-bond acceptors (Lipinski definition) is 3. The van der Waals surface area contributed by atoms with Crippen LogP contribution >= 0.6 is 12.2 Å². The largest absolute Gasteiger partial charge is 0.339 e. The van der Waals surface area contributed by atoms with Crippen molar-refractivity contribution in [3.8, 4) is 0 Å². The van der Waals surface area contributed by atoms with Crippen molar-refractivity contribution in [3.05, 3.63) is 38.9 Å². The van der Waals surface area contributed by atoms with E-state index in [0.29, 0.717) is 46.8 Å². The van der Waals surface area contributed by atoms with Crippen molar-refractivity contribution < 1.29 is 4.79 Å². The van der Waals surface area contributed by atoms with Gasteiger partial charge in [-0.2, -0.15) is 0 Å². The van der Waals surface area contributed by atoms with Crippen LogP contribution in [0.3, 0.4) is 0 Å². The van der Waals surface area contributed by atoms with E-state index in [4.69, 9.17) is 12.2 Å². The zero-order chi connectivity index (χ0) is 17.1. The van der Waals surface area contributed by atoms with Crippen LogP contribution in [-0.2, 0) is 6.54 Å². The molecule has 6 heteroatoms. The lowest BCUT2D eigenvalue weighted by Gasteiger charge is -2.23. The molecule has 1 N–H and O–H groups in total. The van der Waals surface area contributed by atoms with Crippen molar-refractivity contribution in [1.82, 2.24) is 14.5 Å². The van der Waals surface area contributed by atoms with E-state index in [1.165, 1.54) is 4.57 Å². The summed E-state index contributed by atoms with van der Waals surface area (Å²) in [5.41, 5.74) is 1.05. The van der Waals surface area contributed by atoms with Crippen LogP contribution in [0.25, 0.3) is 10.9 Å². The van der Waals surface area contributed by atoms with E-state index in [1.807, 2.05) is 18.7 Å². The standard InChI is InChI=1S/C17H23N3O2S/c1-5-19(10-11(3)4)15(21)12-7-8-13-14(9-12)18-17(23)20(6-2)16(13)22/h7-9,11H,5-6,10H2,1-4H3,(H,18,23). The molecular formula is C17H23N3O2S. The van der Waals surface area contributed by atoms with Gasteiger partial charge in [-0.05, 0) is 50.2 Å². The molecule has 1 aromatic carbocycles. The zero-order valence-corrected chi connectivity index (χ0v) is 14.9. The van der Waals surface area contributed by atoms with E-state index in [0.717, 1.165) is 0 Å². The number of hydrogen-bond donors (Lipinski definition) is 1. The average Bonchev–Trinajstić information content (AvgIpc) is 2.51. The fourth-order valence-electron chi connectivity index (χ4n) is 2.65. The van der Waals surface area contributed by atoms with E-state index in [1.54, 1.807) is 18.2 Å². The van der Waals surface area contributed by atoms with Crippen LogP contribution in [0, 0.1) is 10.7 Å². The highest BCUT2D eigenvalue weighted by Crippen LogP contribution is 2.14. The second-order valence-electron chi connectivity index (χ2n) is 5.98. The molecule has 0 bridgehead atoms. The molecule has 124 valence electrons. The fourth-order valence-corrected chi connectivity index (χ4v) is 2.98. The number of H-pyrrole nitrogens is 1. The summed E-state index contributed by atoms with van der Waals surface area (Å²) in [6, 6.07) is 5.13. The molecule has 2 aromatic rings. The molecule has 0 saturated carbocycles. The molecule has 23 heavy (non-hydrogen) atoms. The average molecular weight is 333 g/mol. The second-order valence-corrected chi connectivity index (χ2v) is 6.36. The van der Waals surface area contributed by atoms with Gasteiger partial charge in [-0.15, -0.1) is 0 Å². The Balaban J connectivity index is 2.50. The molecule has 1 amide bonds. The molecule has 5 nitrogen and oxygen atoms in total. The SMILES string of the molecule is CCN(CC(C)C)C(=O)c1ccc2c(=O)n(CC)c(=S)[nH]c2c1. The van der Waals surface area contributed by atoms with Crippen molar-refractivity contribution in [2.75, 3.05) is 13.1 Å². The lowest BCUT2D eigenvalue weighted by Crippen LogP contribution is -2.34. The minimum atomic E-state index is -0.125.